The van der Waals surface area contributed by atoms with Gasteiger partial charge in [0, 0.05) is 38.7 Å². The molecule has 0 fully saturated rings. The van der Waals surface area contributed by atoms with Crippen LogP contribution in [0.3, 0.4) is 0 Å². The lowest BCUT2D eigenvalue weighted by Gasteiger charge is -2.11. The van der Waals surface area contributed by atoms with Gasteiger partial charge in [-0.25, -0.2) is 19.9 Å². The standard InChI is InChI=1S/C48H31N5/c1-5-15-32(16-6-1)33-25-27-35(28-26-33)44-39-23-13-14-24-41(39)49-47(50-44)37-29-30-42-40(31-37)43-45(34-17-7-2-8-18-34)51-46(36-19-9-3-10-20-36)52-48(43)53(42)38-21-11-4-12-22-38/h1-31H. The monoisotopic (exact) mass is 677 g/mol. The molecule has 3 aromatic heterocycles. The van der Waals surface area contributed by atoms with Crippen molar-refractivity contribution in [1.29, 1.82) is 0 Å². The van der Waals surface area contributed by atoms with Gasteiger partial charge < -0.3 is 0 Å². The third kappa shape index (κ3) is 5.43. The Kier molecular flexibility index (Phi) is 7.40. The molecule has 0 saturated carbocycles. The van der Waals surface area contributed by atoms with E-state index in [9.17, 15) is 0 Å². The van der Waals surface area contributed by atoms with E-state index in [0.717, 1.165) is 72.2 Å². The Hall–Kier alpha value is -7.24. The van der Waals surface area contributed by atoms with Crippen LogP contribution in [0.2, 0.25) is 0 Å². The van der Waals surface area contributed by atoms with E-state index in [-0.39, 0.29) is 0 Å². The van der Waals surface area contributed by atoms with Crippen molar-refractivity contribution in [2.45, 2.75) is 0 Å². The van der Waals surface area contributed by atoms with Crippen molar-refractivity contribution >= 4 is 32.8 Å². The number of hydrogen-bond acceptors (Lipinski definition) is 4. The van der Waals surface area contributed by atoms with E-state index in [1.807, 2.05) is 48.5 Å². The van der Waals surface area contributed by atoms with Crippen molar-refractivity contribution in [3.8, 4) is 62.1 Å². The number of rotatable bonds is 6. The summed E-state index contributed by atoms with van der Waals surface area (Å²) in [5, 5.41) is 3.03. The van der Waals surface area contributed by atoms with Gasteiger partial charge in [0.1, 0.15) is 5.65 Å². The molecule has 5 heteroatoms. The number of nitrogens with zero attached hydrogens (tertiary/aromatic N) is 5. The van der Waals surface area contributed by atoms with Crippen LogP contribution in [0.5, 0.6) is 0 Å². The SMILES string of the molecule is c1ccc(-c2ccc(-c3nc(-c4ccc5c(c4)c4c(-c6ccccc6)nc(-c6ccccc6)nc4n5-c4ccccc4)nc4ccccc34)cc2)cc1. The normalized spacial score (nSPS) is 11.4. The van der Waals surface area contributed by atoms with Crippen LogP contribution in [-0.4, -0.2) is 24.5 Å². The van der Waals surface area contributed by atoms with Crippen molar-refractivity contribution in [2.24, 2.45) is 0 Å². The van der Waals surface area contributed by atoms with E-state index in [0.29, 0.717) is 11.6 Å². The molecule has 0 bridgehead atoms. The Morgan fingerprint density at radius 1 is 0.340 bits per heavy atom. The molecule has 0 aliphatic heterocycles. The minimum Gasteiger partial charge on any atom is -0.294 e. The maximum absolute atomic E-state index is 5.29. The Bertz CT molecular complexity index is 2900. The molecule has 0 spiro atoms. The Labute approximate surface area is 306 Å². The van der Waals surface area contributed by atoms with Crippen molar-refractivity contribution in [3.63, 3.8) is 0 Å². The molecule has 7 aromatic carbocycles. The second-order valence-electron chi connectivity index (χ2n) is 13.1. The summed E-state index contributed by atoms with van der Waals surface area (Å²) in [6.45, 7) is 0. The van der Waals surface area contributed by atoms with Gasteiger partial charge >= 0.3 is 0 Å². The third-order valence-corrected chi connectivity index (χ3v) is 9.83. The zero-order chi connectivity index (χ0) is 35.1. The molecule has 0 atom stereocenters. The molecular weight excluding hydrogens is 647 g/mol. The fourth-order valence-corrected chi connectivity index (χ4v) is 7.28. The predicted octanol–water partition coefficient (Wildman–Crippen LogP) is 11.9. The minimum absolute atomic E-state index is 0.663. The first kappa shape index (κ1) is 30.6. The van der Waals surface area contributed by atoms with E-state index >= 15 is 0 Å². The van der Waals surface area contributed by atoms with Crippen LogP contribution in [-0.2, 0) is 0 Å². The quantitative estimate of drug-likeness (QED) is 0.176. The summed E-state index contributed by atoms with van der Waals surface area (Å²) in [5.41, 5.74) is 11.9. The zero-order valence-electron chi connectivity index (χ0n) is 28.6. The summed E-state index contributed by atoms with van der Waals surface area (Å²) in [6, 6.07) is 64.9. The summed E-state index contributed by atoms with van der Waals surface area (Å²) in [7, 11) is 0. The van der Waals surface area contributed by atoms with Crippen LogP contribution < -0.4 is 0 Å². The fraction of sp³-hybridized carbons (Fsp3) is 0. The predicted molar refractivity (Wildman–Crippen MR) is 217 cm³/mol. The first-order valence-corrected chi connectivity index (χ1v) is 17.7. The van der Waals surface area contributed by atoms with Crippen molar-refractivity contribution in [2.75, 3.05) is 0 Å². The molecule has 0 unspecified atom stereocenters. The second-order valence-corrected chi connectivity index (χ2v) is 13.1. The van der Waals surface area contributed by atoms with Gasteiger partial charge in [0.15, 0.2) is 11.6 Å². The molecule has 0 saturated heterocycles. The summed E-state index contributed by atoms with van der Waals surface area (Å²) in [5.74, 6) is 1.34. The van der Waals surface area contributed by atoms with Crippen LogP contribution in [0.4, 0.5) is 0 Å². The van der Waals surface area contributed by atoms with E-state index in [4.69, 9.17) is 19.9 Å². The van der Waals surface area contributed by atoms with Crippen LogP contribution in [0.25, 0.3) is 94.9 Å². The number of benzene rings is 7. The van der Waals surface area contributed by atoms with Crippen LogP contribution >= 0.6 is 0 Å². The highest BCUT2D eigenvalue weighted by Crippen LogP contribution is 2.40. The molecule has 0 amide bonds. The molecular formula is C48H31N5. The molecule has 248 valence electrons. The molecule has 3 heterocycles. The largest absolute Gasteiger partial charge is 0.294 e. The average molecular weight is 678 g/mol. The maximum atomic E-state index is 5.29. The van der Waals surface area contributed by atoms with Crippen LogP contribution in [0.1, 0.15) is 0 Å². The van der Waals surface area contributed by atoms with E-state index in [2.05, 4.69) is 144 Å². The van der Waals surface area contributed by atoms with Gasteiger partial charge in [0.05, 0.1) is 27.8 Å². The van der Waals surface area contributed by atoms with E-state index in [1.54, 1.807) is 0 Å². The molecule has 0 aliphatic rings. The number of hydrogen-bond donors (Lipinski definition) is 0. The number of para-hydroxylation sites is 2. The molecule has 53 heavy (non-hydrogen) atoms. The average Bonchev–Trinajstić information content (AvgIpc) is 3.58. The maximum Gasteiger partial charge on any atom is 0.162 e. The van der Waals surface area contributed by atoms with E-state index < -0.39 is 0 Å². The summed E-state index contributed by atoms with van der Waals surface area (Å²) < 4.78 is 2.25. The second kappa shape index (κ2) is 12.8. The van der Waals surface area contributed by atoms with Gasteiger partial charge in [-0.05, 0) is 47.5 Å². The molecule has 0 radical (unpaired) electrons. The van der Waals surface area contributed by atoms with Crippen LogP contribution in [0, 0.1) is 0 Å². The third-order valence-electron chi connectivity index (χ3n) is 9.83. The summed E-state index contributed by atoms with van der Waals surface area (Å²) in [6.07, 6.45) is 0. The molecule has 0 N–H and O–H groups in total. The zero-order valence-corrected chi connectivity index (χ0v) is 28.6. The first-order valence-electron chi connectivity index (χ1n) is 17.7. The van der Waals surface area contributed by atoms with Gasteiger partial charge in [-0.2, -0.15) is 0 Å². The highest BCUT2D eigenvalue weighted by molar-refractivity contribution is 6.15. The topological polar surface area (TPSA) is 56.5 Å². The van der Waals surface area contributed by atoms with Gasteiger partial charge in [-0.15, -0.1) is 0 Å². The number of aromatic nitrogens is 5. The molecule has 10 aromatic rings. The fourth-order valence-electron chi connectivity index (χ4n) is 7.28. The summed E-state index contributed by atoms with van der Waals surface area (Å²) in [4.78, 5) is 21.0. The lowest BCUT2D eigenvalue weighted by Crippen LogP contribution is -1.99. The van der Waals surface area contributed by atoms with Crippen molar-refractivity contribution in [3.05, 3.63) is 188 Å². The van der Waals surface area contributed by atoms with Crippen molar-refractivity contribution in [1.82, 2.24) is 24.5 Å². The molecule has 0 aliphatic carbocycles. The lowest BCUT2D eigenvalue weighted by molar-refractivity contribution is 1.11. The van der Waals surface area contributed by atoms with E-state index in [1.165, 1.54) is 11.1 Å². The van der Waals surface area contributed by atoms with Gasteiger partial charge in [-0.3, -0.25) is 4.57 Å². The van der Waals surface area contributed by atoms with Crippen molar-refractivity contribution < 1.29 is 0 Å². The number of fused-ring (bicyclic) bond motifs is 4. The Morgan fingerprint density at radius 3 is 1.57 bits per heavy atom. The van der Waals surface area contributed by atoms with Gasteiger partial charge in [-0.1, -0.05) is 152 Å². The molecule has 10 rings (SSSR count). The van der Waals surface area contributed by atoms with Crippen LogP contribution in [0.15, 0.2) is 188 Å². The van der Waals surface area contributed by atoms with Gasteiger partial charge in [0.2, 0.25) is 0 Å². The minimum atomic E-state index is 0.663. The Balaban J connectivity index is 1.22. The smallest absolute Gasteiger partial charge is 0.162 e. The lowest BCUT2D eigenvalue weighted by atomic mass is 10.0. The highest BCUT2D eigenvalue weighted by atomic mass is 15.1. The molecule has 5 nitrogen and oxygen atoms in total. The first-order chi connectivity index (χ1) is 26.3. The van der Waals surface area contributed by atoms with Gasteiger partial charge in [0.25, 0.3) is 0 Å². The Morgan fingerprint density at radius 2 is 0.849 bits per heavy atom. The highest BCUT2D eigenvalue weighted by Gasteiger charge is 2.22. The summed E-state index contributed by atoms with van der Waals surface area (Å²) >= 11 is 0.